The van der Waals surface area contributed by atoms with Gasteiger partial charge in [-0.05, 0) is 35.9 Å². The smallest absolute Gasteiger partial charge is 0.259 e. The van der Waals surface area contributed by atoms with Crippen LogP contribution in [0.25, 0.3) is 16.6 Å². The summed E-state index contributed by atoms with van der Waals surface area (Å²) < 4.78 is 1.51. The Morgan fingerprint density at radius 3 is 2.76 bits per heavy atom. The number of benzene rings is 2. The van der Waals surface area contributed by atoms with Gasteiger partial charge in [-0.15, -0.1) is 0 Å². The molecule has 9 heteroatoms. The van der Waals surface area contributed by atoms with Gasteiger partial charge in [-0.3, -0.25) is 19.0 Å². The molecule has 1 N–H and O–H groups in total. The molecule has 3 aromatic heterocycles. The van der Waals surface area contributed by atoms with Crippen LogP contribution in [0.5, 0.6) is 0 Å². The molecule has 0 radical (unpaired) electrons. The van der Waals surface area contributed by atoms with Crippen molar-refractivity contribution in [2.24, 2.45) is 9.98 Å². The Hall–Kier alpha value is -4.50. The van der Waals surface area contributed by atoms with Crippen molar-refractivity contribution in [3.8, 4) is 0 Å². The Labute approximate surface area is 215 Å². The Kier molecular flexibility index (Phi) is 5.03. The SMILES string of the molecule is O=C1C(Cc2c[nH]c3ccccc23)N=C2c3ccccc3N=C(SCc3cc(=O)n4ccccc4n3)N12. The molecule has 8 nitrogen and oxygen atoms in total. The van der Waals surface area contributed by atoms with Crippen LogP contribution in [0, 0.1) is 0 Å². The van der Waals surface area contributed by atoms with Crippen molar-refractivity contribution in [1.82, 2.24) is 19.3 Å². The Balaban J connectivity index is 1.21. The highest BCUT2D eigenvalue weighted by molar-refractivity contribution is 8.13. The third kappa shape index (κ3) is 3.66. The molecule has 2 aliphatic rings. The lowest BCUT2D eigenvalue weighted by Gasteiger charge is -2.25. The number of fused-ring (bicyclic) bond motifs is 5. The highest BCUT2D eigenvalue weighted by Gasteiger charge is 2.41. The number of pyridine rings is 1. The van der Waals surface area contributed by atoms with Crippen LogP contribution < -0.4 is 5.56 Å². The molecule has 1 unspecified atom stereocenters. The van der Waals surface area contributed by atoms with E-state index >= 15 is 0 Å². The minimum absolute atomic E-state index is 0.104. The molecule has 0 spiro atoms. The summed E-state index contributed by atoms with van der Waals surface area (Å²) in [5, 5.41) is 1.64. The lowest BCUT2D eigenvalue weighted by atomic mass is 10.1. The van der Waals surface area contributed by atoms with E-state index in [9.17, 15) is 9.59 Å². The second kappa shape index (κ2) is 8.56. The number of thioether (sulfide) groups is 1. The largest absolute Gasteiger partial charge is 0.361 e. The number of hydrogen-bond acceptors (Lipinski definition) is 6. The number of carbonyl (C=O) groups excluding carboxylic acids is 1. The molecular weight excluding hydrogens is 484 g/mol. The van der Waals surface area contributed by atoms with Gasteiger partial charge in [0.25, 0.3) is 11.5 Å². The molecule has 37 heavy (non-hydrogen) atoms. The Morgan fingerprint density at radius 2 is 1.81 bits per heavy atom. The van der Waals surface area contributed by atoms with E-state index in [4.69, 9.17) is 9.98 Å². The third-order valence-corrected chi connectivity index (χ3v) is 7.58. The topological polar surface area (TPSA) is 95.2 Å². The number of hydrogen-bond donors (Lipinski definition) is 1. The van der Waals surface area contributed by atoms with Gasteiger partial charge in [0.05, 0.1) is 11.4 Å². The van der Waals surface area contributed by atoms with Crippen LogP contribution in [0.15, 0.2) is 100.0 Å². The Bertz CT molecular complexity index is 1840. The van der Waals surface area contributed by atoms with Crippen LogP contribution in [0.4, 0.5) is 5.69 Å². The number of rotatable bonds is 4. The van der Waals surface area contributed by atoms with E-state index in [1.165, 1.54) is 22.2 Å². The molecule has 7 rings (SSSR count). The van der Waals surface area contributed by atoms with E-state index in [2.05, 4.69) is 16.0 Å². The quantitative estimate of drug-likeness (QED) is 0.395. The fraction of sp³-hybridized carbons (Fsp3) is 0.107. The molecule has 0 aliphatic carbocycles. The van der Waals surface area contributed by atoms with Crippen molar-refractivity contribution >= 4 is 50.9 Å². The summed E-state index contributed by atoms with van der Waals surface area (Å²) in [4.78, 5) is 45.5. The highest BCUT2D eigenvalue weighted by atomic mass is 32.2. The summed E-state index contributed by atoms with van der Waals surface area (Å²) in [6.45, 7) is 0. The maximum Gasteiger partial charge on any atom is 0.259 e. The lowest BCUT2D eigenvalue weighted by molar-refractivity contribution is -0.124. The van der Waals surface area contributed by atoms with Crippen molar-refractivity contribution in [2.75, 3.05) is 0 Å². The molecule has 5 heterocycles. The van der Waals surface area contributed by atoms with Gasteiger partial charge in [-0.1, -0.05) is 48.2 Å². The van der Waals surface area contributed by atoms with Crippen LogP contribution in [0.1, 0.15) is 16.8 Å². The number of aliphatic imine (C=N–C) groups is 2. The maximum atomic E-state index is 13.7. The van der Waals surface area contributed by atoms with Crippen LogP contribution in [0.2, 0.25) is 0 Å². The number of aromatic nitrogens is 3. The number of nitrogens with zero attached hydrogens (tertiary/aromatic N) is 5. The zero-order chi connectivity index (χ0) is 24.9. The summed E-state index contributed by atoms with van der Waals surface area (Å²) in [5.74, 6) is 0.910. The van der Waals surface area contributed by atoms with E-state index in [0.717, 1.165) is 27.7 Å². The van der Waals surface area contributed by atoms with Crippen molar-refractivity contribution in [3.05, 3.63) is 112 Å². The van der Waals surface area contributed by atoms with Gasteiger partial charge in [0.1, 0.15) is 17.5 Å². The monoisotopic (exact) mass is 504 g/mol. The van der Waals surface area contributed by atoms with E-state index in [1.807, 2.05) is 54.7 Å². The summed E-state index contributed by atoms with van der Waals surface area (Å²) >= 11 is 1.38. The fourth-order valence-corrected chi connectivity index (χ4v) is 5.75. The van der Waals surface area contributed by atoms with Crippen molar-refractivity contribution in [3.63, 3.8) is 0 Å². The molecule has 1 atom stereocenters. The number of carbonyl (C=O) groups is 1. The van der Waals surface area contributed by atoms with Gasteiger partial charge >= 0.3 is 0 Å². The number of aromatic amines is 1. The number of H-pyrrole nitrogens is 1. The standard InChI is InChI=1S/C28H20N6O2S/c35-25-14-18(30-24-11-5-6-12-33(24)25)16-37-28-32-22-10-4-2-8-20(22)26-31-23(27(36)34(26)28)13-17-15-29-21-9-3-1-7-19(17)21/h1-12,14-15,23,29H,13,16H2. The Morgan fingerprint density at radius 1 is 0.973 bits per heavy atom. The molecule has 0 saturated heterocycles. The first-order valence-electron chi connectivity index (χ1n) is 11.9. The van der Waals surface area contributed by atoms with Crippen LogP contribution >= 0.6 is 11.8 Å². The summed E-state index contributed by atoms with van der Waals surface area (Å²) in [7, 11) is 0. The van der Waals surface area contributed by atoms with Crippen LogP contribution in [-0.2, 0) is 17.0 Å². The summed E-state index contributed by atoms with van der Waals surface area (Å²) in [6.07, 6.45) is 4.15. The molecule has 0 bridgehead atoms. The zero-order valence-corrected chi connectivity index (χ0v) is 20.4. The van der Waals surface area contributed by atoms with Gasteiger partial charge in [-0.2, -0.15) is 0 Å². The number of para-hydroxylation sites is 2. The first kappa shape index (κ1) is 21.8. The minimum atomic E-state index is -0.547. The molecule has 0 saturated carbocycles. The fourth-order valence-electron chi connectivity index (χ4n) is 4.86. The lowest BCUT2D eigenvalue weighted by Crippen LogP contribution is -2.41. The number of amidine groups is 2. The molecule has 5 aromatic rings. The second-order valence-electron chi connectivity index (χ2n) is 8.92. The highest BCUT2D eigenvalue weighted by Crippen LogP contribution is 2.35. The number of amides is 1. The normalized spacial score (nSPS) is 16.6. The van der Waals surface area contributed by atoms with Gasteiger partial charge in [0.2, 0.25) is 0 Å². The van der Waals surface area contributed by atoms with E-state index in [0.29, 0.717) is 34.5 Å². The van der Waals surface area contributed by atoms with Crippen molar-refractivity contribution < 1.29 is 4.79 Å². The summed E-state index contributed by atoms with van der Waals surface area (Å²) in [6, 6.07) is 22.2. The first-order valence-corrected chi connectivity index (χ1v) is 12.9. The second-order valence-corrected chi connectivity index (χ2v) is 9.86. The van der Waals surface area contributed by atoms with Crippen molar-refractivity contribution in [1.29, 1.82) is 0 Å². The first-order chi connectivity index (χ1) is 18.2. The predicted octanol–water partition coefficient (Wildman–Crippen LogP) is 4.31. The average Bonchev–Trinajstić information content (AvgIpc) is 3.49. The molecule has 2 aliphatic heterocycles. The van der Waals surface area contributed by atoms with Gasteiger partial charge in [-0.25, -0.2) is 14.9 Å². The van der Waals surface area contributed by atoms with E-state index in [1.54, 1.807) is 23.2 Å². The molecular formula is C28H20N6O2S. The molecule has 1 amide bonds. The molecule has 180 valence electrons. The average molecular weight is 505 g/mol. The molecule has 2 aromatic carbocycles. The van der Waals surface area contributed by atoms with E-state index < -0.39 is 6.04 Å². The predicted molar refractivity (Wildman–Crippen MR) is 145 cm³/mol. The van der Waals surface area contributed by atoms with Crippen LogP contribution in [-0.4, -0.2) is 42.2 Å². The number of nitrogens with one attached hydrogen (secondary N) is 1. The zero-order valence-electron chi connectivity index (χ0n) is 19.5. The minimum Gasteiger partial charge on any atom is -0.361 e. The van der Waals surface area contributed by atoms with Crippen LogP contribution in [0.3, 0.4) is 0 Å². The van der Waals surface area contributed by atoms with Gasteiger partial charge < -0.3 is 4.98 Å². The molecule has 0 fully saturated rings. The van der Waals surface area contributed by atoms with Gasteiger partial charge in [0, 0.05) is 47.1 Å². The van der Waals surface area contributed by atoms with Gasteiger partial charge in [0.15, 0.2) is 5.17 Å². The maximum absolute atomic E-state index is 13.7. The van der Waals surface area contributed by atoms with Crippen molar-refractivity contribution in [2.45, 2.75) is 18.2 Å². The van der Waals surface area contributed by atoms with E-state index in [-0.39, 0.29) is 11.5 Å². The summed E-state index contributed by atoms with van der Waals surface area (Å²) in [5.41, 5.74) is 4.77. The third-order valence-electron chi connectivity index (χ3n) is 6.61.